The van der Waals surface area contributed by atoms with Crippen LogP contribution in [-0.4, -0.2) is 80.7 Å². The zero-order chi connectivity index (χ0) is 13.9. The Kier molecular flexibility index (Phi) is 5.23. The zero-order valence-electron chi connectivity index (χ0n) is 13.1. The summed E-state index contributed by atoms with van der Waals surface area (Å²) in [4.78, 5) is 7.48. The van der Waals surface area contributed by atoms with E-state index >= 15 is 0 Å². The molecule has 0 saturated carbocycles. The van der Waals surface area contributed by atoms with Crippen LogP contribution in [0.25, 0.3) is 0 Å². The monoisotopic (exact) mass is 268 g/mol. The predicted molar refractivity (Wildman–Crippen MR) is 81.4 cm³/mol. The van der Waals surface area contributed by atoms with E-state index in [0.717, 1.165) is 12.5 Å². The number of nitrogens with zero attached hydrogens (tertiary/aromatic N) is 3. The number of piperidine rings is 2. The Labute approximate surface area is 118 Å². The van der Waals surface area contributed by atoms with E-state index in [1.54, 1.807) is 0 Å². The van der Waals surface area contributed by atoms with Crippen molar-refractivity contribution in [3.8, 4) is 0 Å². The molecule has 4 heteroatoms. The molecule has 19 heavy (non-hydrogen) atoms. The van der Waals surface area contributed by atoms with Gasteiger partial charge in [0.15, 0.2) is 0 Å². The van der Waals surface area contributed by atoms with Crippen LogP contribution in [0.3, 0.4) is 0 Å². The largest absolute Gasteiger partial charge is 0.329 e. The average Bonchev–Trinajstić information content (AvgIpc) is 2.40. The second-order valence-electron chi connectivity index (χ2n) is 6.92. The molecule has 2 fully saturated rings. The van der Waals surface area contributed by atoms with E-state index in [1.807, 2.05) is 0 Å². The van der Waals surface area contributed by atoms with Crippen molar-refractivity contribution in [2.45, 2.75) is 31.2 Å². The van der Waals surface area contributed by atoms with Crippen molar-refractivity contribution >= 4 is 0 Å². The minimum absolute atomic E-state index is 0.301. The maximum Gasteiger partial charge on any atom is 0.0356 e. The standard InChI is InChI=1S/C15H32N4/c1-17(2)12-14-4-8-19(9-5-14)15(13-16)6-10-18(3)11-7-15/h14H,4-13,16H2,1-3H3. The summed E-state index contributed by atoms with van der Waals surface area (Å²) in [5, 5.41) is 0. The van der Waals surface area contributed by atoms with Gasteiger partial charge < -0.3 is 15.5 Å². The van der Waals surface area contributed by atoms with Crippen molar-refractivity contribution in [3.63, 3.8) is 0 Å². The number of nitrogens with two attached hydrogens (primary N) is 1. The van der Waals surface area contributed by atoms with Crippen LogP contribution in [0.4, 0.5) is 0 Å². The molecule has 0 atom stereocenters. The quantitative estimate of drug-likeness (QED) is 0.813. The van der Waals surface area contributed by atoms with Gasteiger partial charge in [-0.1, -0.05) is 0 Å². The molecule has 2 saturated heterocycles. The second-order valence-corrected chi connectivity index (χ2v) is 6.92. The Hall–Kier alpha value is -0.160. The number of likely N-dealkylation sites (tertiary alicyclic amines) is 2. The van der Waals surface area contributed by atoms with Gasteiger partial charge in [-0.3, -0.25) is 4.90 Å². The molecule has 2 aliphatic rings. The average molecular weight is 268 g/mol. The van der Waals surface area contributed by atoms with Gasteiger partial charge in [0, 0.05) is 18.6 Å². The minimum atomic E-state index is 0.301. The SMILES string of the molecule is CN(C)CC1CCN(C2(CN)CCN(C)CC2)CC1. The van der Waals surface area contributed by atoms with Gasteiger partial charge in [-0.05, 0) is 78.9 Å². The van der Waals surface area contributed by atoms with Crippen molar-refractivity contribution in [3.05, 3.63) is 0 Å². The summed E-state index contributed by atoms with van der Waals surface area (Å²) in [6.07, 6.45) is 5.18. The lowest BCUT2D eigenvalue weighted by Crippen LogP contribution is -2.60. The van der Waals surface area contributed by atoms with Crippen LogP contribution >= 0.6 is 0 Å². The first kappa shape index (κ1) is 15.2. The van der Waals surface area contributed by atoms with Gasteiger partial charge in [0.2, 0.25) is 0 Å². The third kappa shape index (κ3) is 3.69. The first-order valence-corrected chi connectivity index (χ1v) is 7.84. The molecule has 0 unspecified atom stereocenters. The van der Waals surface area contributed by atoms with E-state index in [2.05, 4.69) is 35.8 Å². The molecule has 112 valence electrons. The molecular formula is C15H32N4. The van der Waals surface area contributed by atoms with Crippen molar-refractivity contribution in [1.29, 1.82) is 0 Å². The van der Waals surface area contributed by atoms with Gasteiger partial charge in [0.25, 0.3) is 0 Å². The van der Waals surface area contributed by atoms with Gasteiger partial charge in [0.1, 0.15) is 0 Å². The molecular weight excluding hydrogens is 236 g/mol. The molecule has 4 nitrogen and oxygen atoms in total. The van der Waals surface area contributed by atoms with Gasteiger partial charge in [-0.25, -0.2) is 0 Å². The van der Waals surface area contributed by atoms with E-state index in [4.69, 9.17) is 5.73 Å². The summed E-state index contributed by atoms with van der Waals surface area (Å²) in [5.74, 6) is 0.882. The molecule has 0 amide bonds. The lowest BCUT2D eigenvalue weighted by Gasteiger charge is -2.50. The summed E-state index contributed by atoms with van der Waals surface area (Å²) in [6.45, 7) is 6.98. The highest BCUT2D eigenvalue weighted by molar-refractivity contribution is 4.97. The first-order valence-electron chi connectivity index (χ1n) is 7.84. The van der Waals surface area contributed by atoms with E-state index in [1.165, 1.54) is 58.4 Å². The normalized spacial score (nSPS) is 27.0. The van der Waals surface area contributed by atoms with Crippen LogP contribution in [0.2, 0.25) is 0 Å². The van der Waals surface area contributed by atoms with Gasteiger partial charge in [-0.15, -0.1) is 0 Å². The van der Waals surface area contributed by atoms with E-state index in [9.17, 15) is 0 Å². The second kappa shape index (κ2) is 6.53. The molecule has 2 heterocycles. The summed E-state index contributed by atoms with van der Waals surface area (Å²) >= 11 is 0. The summed E-state index contributed by atoms with van der Waals surface area (Å²) in [7, 11) is 6.60. The maximum absolute atomic E-state index is 6.16. The fourth-order valence-electron chi connectivity index (χ4n) is 3.79. The lowest BCUT2D eigenvalue weighted by atomic mass is 9.83. The Morgan fingerprint density at radius 1 is 1.11 bits per heavy atom. The number of rotatable bonds is 4. The molecule has 0 spiro atoms. The molecule has 2 rings (SSSR count). The van der Waals surface area contributed by atoms with Crippen LogP contribution < -0.4 is 5.73 Å². The van der Waals surface area contributed by atoms with Crippen LogP contribution in [0, 0.1) is 5.92 Å². The van der Waals surface area contributed by atoms with Gasteiger partial charge >= 0.3 is 0 Å². The smallest absolute Gasteiger partial charge is 0.0356 e. The molecule has 0 bridgehead atoms. The lowest BCUT2D eigenvalue weighted by molar-refractivity contribution is 0.00708. The summed E-state index contributed by atoms with van der Waals surface area (Å²) in [5.41, 5.74) is 6.46. The predicted octanol–water partition coefficient (Wildman–Crippen LogP) is 0.683. The third-order valence-corrected chi connectivity index (χ3v) is 5.21. The van der Waals surface area contributed by atoms with Gasteiger partial charge in [-0.2, -0.15) is 0 Å². The number of hydrogen-bond acceptors (Lipinski definition) is 4. The van der Waals surface area contributed by atoms with Crippen molar-refractivity contribution in [1.82, 2.24) is 14.7 Å². The molecule has 0 aliphatic carbocycles. The van der Waals surface area contributed by atoms with Crippen molar-refractivity contribution < 1.29 is 0 Å². The topological polar surface area (TPSA) is 35.7 Å². The molecule has 0 aromatic carbocycles. The first-order chi connectivity index (χ1) is 9.05. The molecule has 2 N–H and O–H groups in total. The van der Waals surface area contributed by atoms with E-state index < -0.39 is 0 Å². The summed E-state index contributed by atoms with van der Waals surface area (Å²) in [6, 6.07) is 0. The molecule has 0 aromatic heterocycles. The van der Waals surface area contributed by atoms with E-state index in [0.29, 0.717) is 5.54 Å². The van der Waals surface area contributed by atoms with E-state index in [-0.39, 0.29) is 0 Å². The van der Waals surface area contributed by atoms with Crippen LogP contribution in [0.1, 0.15) is 25.7 Å². The molecule has 2 aliphatic heterocycles. The third-order valence-electron chi connectivity index (χ3n) is 5.21. The number of hydrogen-bond donors (Lipinski definition) is 1. The Bertz CT molecular complexity index is 263. The summed E-state index contributed by atoms with van der Waals surface area (Å²) < 4.78 is 0. The Balaban J connectivity index is 1.88. The van der Waals surface area contributed by atoms with Crippen LogP contribution in [-0.2, 0) is 0 Å². The molecule has 0 aromatic rings. The highest BCUT2D eigenvalue weighted by atomic mass is 15.2. The van der Waals surface area contributed by atoms with Crippen LogP contribution in [0.5, 0.6) is 0 Å². The zero-order valence-corrected chi connectivity index (χ0v) is 13.1. The Morgan fingerprint density at radius 2 is 1.68 bits per heavy atom. The molecule has 0 radical (unpaired) electrons. The van der Waals surface area contributed by atoms with Crippen molar-refractivity contribution in [2.24, 2.45) is 11.7 Å². The Morgan fingerprint density at radius 3 is 2.16 bits per heavy atom. The maximum atomic E-state index is 6.16. The van der Waals surface area contributed by atoms with Crippen LogP contribution in [0.15, 0.2) is 0 Å². The van der Waals surface area contributed by atoms with Crippen molar-refractivity contribution in [2.75, 3.05) is 60.4 Å². The fourth-order valence-corrected chi connectivity index (χ4v) is 3.79. The highest BCUT2D eigenvalue weighted by Crippen LogP contribution is 2.31. The highest BCUT2D eigenvalue weighted by Gasteiger charge is 2.39. The van der Waals surface area contributed by atoms with Gasteiger partial charge in [0.05, 0.1) is 0 Å². The fraction of sp³-hybridized carbons (Fsp3) is 1.00. The minimum Gasteiger partial charge on any atom is -0.329 e.